The first-order valence-corrected chi connectivity index (χ1v) is 6.44. The van der Waals surface area contributed by atoms with E-state index in [1.54, 1.807) is 0 Å². The summed E-state index contributed by atoms with van der Waals surface area (Å²) in [5, 5.41) is 0. The van der Waals surface area contributed by atoms with Crippen molar-refractivity contribution < 1.29 is 0 Å². The zero-order valence-corrected chi connectivity index (χ0v) is 11.4. The highest BCUT2D eigenvalue weighted by Crippen LogP contribution is 2.15. The van der Waals surface area contributed by atoms with Crippen LogP contribution in [-0.2, 0) is 26.4 Å². The largest absolute Gasteiger partial charge is 0.333 e. The summed E-state index contributed by atoms with van der Waals surface area (Å²) in [5.41, 5.74) is 10.7. The number of nitrogens with zero attached hydrogens (tertiary/aromatic N) is 2. The third kappa shape index (κ3) is 2.46. The van der Waals surface area contributed by atoms with E-state index in [4.69, 9.17) is 5.73 Å². The van der Waals surface area contributed by atoms with E-state index in [1.807, 2.05) is 7.05 Å². The Morgan fingerprint density at radius 3 is 2.28 bits per heavy atom. The fourth-order valence-electron chi connectivity index (χ4n) is 2.25. The number of nitrogens with two attached hydrogens (primary N) is 1. The van der Waals surface area contributed by atoms with E-state index >= 15 is 0 Å². The molecular weight excluding hydrogens is 222 g/mol. The van der Waals surface area contributed by atoms with Crippen LogP contribution in [0.25, 0.3) is 0 Å². The summed E-state index contributed by atoms with van der Waals surface area (Å²) in [4.78, 5) is 4.50. The highest BCUT2D eigenvalue weighted by molar-refractivity contribution is 5.28. The summed E-state index contributed by atoms with van der Waals surface area (Å²) in [7, 11) is 2.04. The monoisotopic (exact) mass is 243 g/mol. The fourth-order valence-corrected chi connectivity index (χ4v) is 2.25. The molecule has 0 fully saturated rings. The molecule has 1 aromatic heterocycles. The zero-order valence-electron chi connectivity index (χ0n) is 11.4. The molecule has 96 valence electrons. The van der Waals surface area contributed by atoms with Crippen LogP contribution in [-0.4, -0.2) is 9.55 Å². The van der Waals surface area contributed by atoms with Crippen molar-refractivity contribution in [3.63, 3.8) is 0 Å². The number of aryl methyl sites for hydroxylation is 2. The quantitative estimate of drug-likeness (QED) is 0.895. The third-order valence-electron chi connectivity index (χ3n) is 3.49. The second-order valence-corrected chi connectivity index (χ2v) is 4.67. The van der Waals surface area contributed by atoms with Crippen molar-refractivity contribution in [2.45, 2.75) is 33.2 Å². The summed E-state index contributed by atoms with van der Waals surface area (Å²) in [6.45, 7) is 4.72. The van der Waals surface area contributed by atoms with Crippen LogP contribution in [0.2, 0.25) is 0 Å². The summed E-state index contributed by atoms with van der Waals surface area (Å²) in [6, 6.07) is 8.80. The van der Waals surface area contributed by atoms with Crippen molar-refractivity contribution in [3.05, 3.63) is 52.6 Å². The maximum Gasteiger partial charge on any atom is 0.122 e. The van der Waals surface area contributed by atoms with Gasteiger partial charge in [0.2, 0.25) is 0 Å². The minimum atomic E-state index is 0.492. The van der Waals surface area contributed by atoms with E-state index in [2.05, 4.69) is 47.7 Å². The maximum atomic E-state index is 5.68. The fraction of sp³-hybridized carbons (Fsp3) is 0.400. The Labute approximate surface area is 109 Å². The van der Waals surface area contributed by atoms with E-state index in [0.29, 0.717) is 6.54 Å². The molecule has 3 heteroatoms. The summed E-state index contributed by atoms with van der Waals surface area (Å²) in [6.07, 6.45) is 2.00. The van der Waals surface area contributed by atoms with Crippen LogP contribution >= 0.6 is 0 Å². The van der Waals surface area contributed by atoms with Crippen molar-refractivity contribution in [1.82, 2.24) is 9.55 Å². The molecule has 18 heavy (non-hydrogen) atoms. The minimum absolute atomic E-state index is 0.492. The lowest BCUT2D eigenvalue weighted by molar-refractivity contribution is 0.760. The van der Waals surface area contributed by atoms with Crippen LogP contribution in [0, 0.1) is 6.92 Å². The first-order chi connectivity index (χ1) is 8.65. The molecule has 3 nitrogen and oxygen atoms in total. The Balaban J connectivity index is 2.25. The molecule has 0 unspecified atom stereocenters. The van der Waals surface area contributed by atoms with Crippen molar-refractivity contribution in [2.75, 3.05) is 0 Å². The molecule has 0 aliphatic carbocycles. The first-order valence-electron chi connectivity index (χ1n) is 6.44. The Kier molecular flexibility index (Phi) is 3.82. The Bertz CT molecular complexity index is 523. The number of aromatic nitrogens is 2. The van der Waals surface area contributed by atoms with Gasteiger partial charge in [-0.1, -0.05) is 31.2 Å². The molecule has 0 aliphatic rings. The lowest BCUT2D eigenvalue weighted by Crippen LogP contribution is -2.07. The Morgan fingerprint density at radius 1 is 1.17 bits per heavy atom. The highest BCUT2D eigenvalue weighted by atomic mass is 15.1. The molecule has 0 aliphatic heterocycles. The number of rotatable bonds is 4. The number of hydrogen-bond donors (Lipinski definition) is 1. The minimum Gasteiger partial charge on any atom is -0.333 e. The average molecular weight is 243 g/mol. The van der Waals surface area contributed by atoms with Crippen LogP contribution in [0.5, 0.6) is 0 Å². The van der Waals surface area contributed by atoms with E-state index < -0.39 is 0 Å². The molecule has 2 aromatic rings. The van der Waals surface area contributed by atoms with Crippen LogP contribution in [0.1, 0.15) is 35.3 Å². The molecule has 0 atom stereocenters. The van der Waals surface area contributed by atoms with Gasteiger partial charge in [0.1, 0.15) is 5.82 Å². The van der Waals surface area contributed by atoms with Gasteiger partial charge in [-0.05, 0) is 24.5 Å². The molecule has 1 aromatic carbocycles. The van der Waals surface area contributed by atoms with Gasteiger partial charge in [-0.15, -0.1) is 0 Å². The van der Waals surface area contributed by atoms with Crippen molar-refractivity contribution in [3.8, 4) is 0 Å². The summed E-state index contributed by atoms with van der Waals surface area (Å²) >= 11 is 0. The molecule has 0 bridgehead atoms. The van der Waals surface area contributed by atoms with Gasteiger partial charge in [-0.2, -0.15) is 0 Å². The van der Waals surface area contributed by atoms with Gasteiger partial charge < -0.3 is 10.3 Å². The van der Waals surface area contributed by atoms with Crippen LogP contribution in [0.4, 0.5) is 0 Å². The molecule has 0 spiro atoms. The van der Waals surface area contributed by atoms with E-state index in [0.717, 1.165) is 24.4 Å². The number of benzene rings is 1. The molecule has 0 saturated carbocycles. The molecular formula is C15H21N3. The SMILES string of the molecule is CCc1ccc(Cc2c(C)nc(CN)n2C)cc1. The standard InChI is InChI=1S/C15H21N3/c1-4-12-5-7-13(8-6-12)9-14-11(2)17-15(10-16)18(14)3/h5-8H,4,9-10,16H2,1-3H3. The van der Waals surface area contributed by atoms with Crippen LogP contribution in [0.15, 0.2) is 24.3 Å². The molecule has 0 radical (unpaired) electrons. The highest BCUT2D eigenvalue weighted by Gasteiger charge is 2.10. The lowest BCUT2D eigenvalue weighted by Gasteiger charge is -2.07. The van der Waals surface area contributed by atoms with E-state index in [9.17, 15) is 0 Å². The topological polar surface area (TPSA) is 43.8 Å². The Hall–Kier alpha value is -1.61. The number of hydrogen-bond acceptors (Lipinski definition) is 2. The van der Waals surface area contributed by atoms with Gasteiger partial charge in [0.15, 0.2) is 0 Å². The van der Waals surface area contributed by atoms with Gasteiger partial charge in [0.05, 0.1) is 12.2 Å². The summed E-state index contributed by atoms with van der Waals surface area (Å²) < 4.78 is 2.11. The predicted molar refractivity (Wildman–Crippen MR) is 74.5 cm³/mol. The number of imidazole rings is 1. The normalized spacial score (nSPS) is 10.9. The molecule has 0 amide bonds. The second-order valence-electron chi connectivity index (χ2n) is 4.67. The zero-order chi connectivity index (χ0) is 13.1. The summed E-state index contributed by atoms with van der Waals surface area (Å²) in [5.74, 6) is 0.952. The van der Waals surface area contributed by atoms with Crippen molar-refractivity contribution >= 4 is 0 Å². The van der Waals surface area contributed by atoms with Crippen LogP contribution < -0.4 is 5.73 Å². The third-order valence-corrected chi connectivity index (χ3v) is 3.49. The molecule has 2 rings (SSSR count). The van der Waals surface area contributed by atoms with E-state index in [-0.39, 0.29) is 0 Å². The lowest BCUT2D eigenvalue weighted by atomic mass is 10.1. The smallest absolute Gasteiger partial charge is 0.122 e. The molecule has 0 saturated heterocycles. The van der Waals surface area contributed by atoms with E-state index in [1.165, 1.54) is 16.8 Å². The van der Waals surface area contributed by atoms with Gasteiger partial charge in [-0.25, -0.2) is 4.98 Å². The van der Waals surface area contributed by atoms with Gasteiger partial charge in [0, 0.05) is 19.2 Å². The van der Waals surface area contributed by atoms with Gasteiger partial charge in [-0.3, -0.25) is 0 Å². The van der Waals surface area contributed by atoms with Crippen molar-refractivity contribution in [1.29, 1.82) is 0 Å². The van der Waals surface area contributed by atoms with Crippen LogP contribution in [0.3, 0.4) is 0 Å². The molecule has 2 N–H and O–H groups in total. The maximum absolute atomic E-state index is 5.68. The first kappa shape index (κ1) is 12.8. The average Bonchev–Trinajstić information content (AvgIpc) is 2.67. The second kappa shape index (κ2) is 5.36. The van der Waals surface area contributed by atoms with Gasteiger partial charge in [0.25, 0.3) is 0 Å². The van der Waals surface area contributed by atoms with Crippen molar-refractivity contribution in [2.24, 2.45) is 12.8 Å². The van der Waals surface area contributed by atoms with Gasteiger partial charge >= 0.3 is 0 Å². The Morgan fingerprint density at radius 2 is 1.78 bits per heavy atom. The predicted octanol–water partition coefficient (Wildman–Crippen LogP) is 2.34. The molecule has 1 heterocycles.